The first-order valence-corrected chi connectivity index (χ1v) is 11.5. The van der Waals surface area contributed by atoms with E-state index in [1.807, 2.05) is 0 Å². The highest BCUT2D eigenvalue weighted by Crippen LogP contribution is 2.50. The number of carbonyl (C=O) groups excluding carboxylic acids is 2. The van der Waals surface area contributed by atoms with Crippen LogP contribution >= 0.6 is 15.9 Å². The molecule has 16 heteroatoms. The number of rotatable bonds is 6. The Hall–Kier alpha value is -3.30. The van der Waals surface area contributed by atoms with Gasteiger partial charge >= 0.3 is 18.5 Å². The average Bonchev–Trinajstić information content (AvgIpc) is 3.27. The van der Waals surface area contributed by atoms with Crippen LogP contribution in [0.5, 0.6) is 0 Å². The predicted molar refractivity (Wildman–Crippen MR) is 122 cm³/mol. The van der Waals surface area contributed by atoms with E-state index in [0.29, 0.717) is 12.1 Å². The van der Waals surface area contributed by atoms with Gasteiger partial charge in [-0.25, -0.2) is 0 Å². The first-order valence-electron chi connectivity index (χ1n) is 10.7. The fourth-order valence-electron chi connectivity index (χ4n) is 3.66. The third-order valence-electron chi connectivity index (χ3n) is 5.58. The van der Waals surface area contributed by atoms with Crippen LogP contribution in [0.2, 0.25) is 0 Å². The van der Waals surface area contributed by atoms with Crippen molar-refractivity contribution in [3.63, 3.8) is 0 Å². The number of carbonyl (C=O) groups is 2. The van der Waals surface area contributed by atoms with E-state index in [4.69, 9.17) is 4.84 Å². The van der Waals surface area contributed by atoms with E-state index >= 15 is 0 Å². The van der Waals surface area contributed by atoms with Gasteiger partial charge in [0.2, 0.25) is 5.91 Å². The number of benzene rings is 2. The van der Waals surface area contributed by atoms with Crippen LogP contribution in [0.4, 0.5) is 39.5 Å². The highest BCUT2D eigenvalue weighted by molar-refractivity contribution is 9.10. The van der Waals surface area contributed by atoms with E-state index in [0.717, 1.165) is 6.07 Å². The third kappa shape index (κ3) is 7.02. The first-order chi connectivity index (χ1) is 17.8. The Morgan fingerprint density at radius 3 is 2.23 bits per heavy atom. The van der Waals surface area contributed by atoms with Gasteiger partial charge in [0, 0.05) is 22.0 Å². The van der Waals surface area contributed by atoms with Crippen LogP contribution in [-0.2, 0) is 21.4 Å². The van der Waals surface area contributed by atoms with Gasteiger partial charge < -0.3 is 15.5 Å². The minimum absolute atomic E-state index is 0.0363. The maximum atomic E-state index is 14.2. The van der Waals surface area contributed by atoms with Crippen molar-refractivity contribution in [2.45, 2.75) is 37.5 Å². The molecule has 0 aromatic heterocycles. The van der Waals surface area contributed by atoms with E-state index in [2.05, 4.69) is 26.4 Å². The minimum Gasteiger partial charge on any atom is -0.374 e. The molecule has 1 aliphatic rings. The summed E-state index contributed by atoms with van der Waals surface area (Å²) in [6.07, 6.45) is -15.7. The molecule has 39 heavy (non-hydrogen) atoms. The van der Waals surface area contributed by atoms with E-state index in [-0.39, 0.29) is 26.9 Å². The largest absolute Gasteiger partial charge is 0.435 e. The number of nitrogens with one attached hydrogen (secondary N) is 2. The SMILES string of the molecule is Cc1cc(C2=NOC(c3cc(Br)cc(C(F)(F)F)c3)(C(F)(F)F)C2)ccc1C(=O)NCC(=O)NCC(F)(F)F. The first kappa shape index (κ1) is 30.2. The number of oxime groups is 1. The summed E-state index contributed by atoms with van der Waals surface area (Å²) in [5.41, 5.74) is -5.40. The van der Waals surface area contributed by atoms with Gasteiger partial charge in [0.25, 0.3) is 11.5 Å². The third-order valence-corrected chi connectivity index (χ3v) is 6.03. The van der Waals surface area contributed by atoms with Gasteiger partial charge in [-0.1, -0.05) is 27.2 Å². The predicted octanol–water partition coefficient (Wildman–Crippen LogP) is 5.77. The van der Waals surface area contributed by atoms with E-state index in [1.54, 1.807) is 5.32 Å². The molecule has 212 valence electrons. The standard InChI is InChI=1S/C23H17BrF9N3O3/c1-11-4-12(2-3-16(11)19(38)34-9-18(37)35-10-21(25,26)27)17-8-20(39-36-17,23(31,32)33)13-5-14(22(28,29)30)7-15(24)6-13/h2-7H,8-10H2,1H3,(H,34,38)(H,35,37). The molecule has 0 saturated carbocycles. The van der Waals surface area contributed by atoms with Crippen LogP contribution in [0, 0.1) is 6.92 Å². The molecule has 2 aromatic rings. The highest BCUT2D eigenvalue weighted by Gasteiger charge is 2.62. The summed E-state index contributed by atoms with van der Waals surface area (Å²) in [7, 11) is 0. The number of halogens is 10. The normalized spacial score (nSPS) is 17.9. The second kappa shape index (κ2) is 10.7. The molecule has 6 nitrogen and oxygen atoms in total. The average molecular weight is 634 g/mol. The van der Waals surface area contributed by atoms with Crippen molar-refractivity contribution in [2.24, 2.45) is 5.16 Å². The quantitative estimate of drug-likeness (QED) is 0.397. The monoisotopic (exact) mass is 633 g/mol. The second-order valence-corrected chi connectivity index (χ2v) is 9.38. The van der Waals surface area contributed by atoms with Crippen LogP contribution in [0.1, 0.15) is 39.0 Å². The van der Waals surface area contributed by atoms with Crippen LogP contribution in [0.15, 0.2) is 46.0 Å². The van der Waals surface area contributed by atoms with E-state index in [9.17, 15) is 49.1 Å². The van der Waals surface area contributed by atoms with Crippen molar-refractivity contribution < 1.29 is 53.9 Å². The zero-order chi connectivity index (χ0) is 29.4. The van der Waals surface area contributed by atoms with Gasteiger partial charge in [0.05, 0.1) is 17.8 Å². The minimum atomic E-state index is -5.18. The molecule has 0 saturated heterocycles. The van der Waals surface area contributed by atoms with Gasteiger partial charge in [-0.05, 0) is 48.4 Å². The smallest absolute Gasteiger partial charge is 0.374 e. The molecule has 1 unspecified atom stereocenters. The Morgan fingerprint density at radius 2 is 1.67 bits per heavy atom. The van der Waals surface area contributed by atoms with Crippen LogP contribution in [0.3, 0.4) is 0 Å². The number of amides is 2. The van der Waals surface area contributed by atoms with E-state index < -0.39 is 66.6 Å². The van der Waals surface area contributed by atoms with Crippen molar-refractivity contribution in [2.75, 3.05) is 13.1 Å². The second-order valence-electron chi connectivity index (χ2n) is 8.46. The molecule has 2 aromatic carbocycles. The van der Waals surface area contributed by atoms with Crippen molar-refractivity contribution in [1.82, 2.24) is 10.6 Å². The molecular weight excluding hydrogens is 617 g/mol. The van der Waals surface area contributed by atoms with Crippen LogP contribution < -0.4 is 10.6 Å². The molecule has 1 heterocycles. The van der Waals surface area contributed by atoms with Crippen LogP contribution in [0.25, 0.3) is 0 Å². The number of hydrogen-bond donors (Lipinski definition) is 2. The zero-order valence-corrected chi connectivity index (χ0v) is 21.1. The Bertz CT molecular complexity index is 1310. The lowest BCUT2D eigenvalue weighted by Gasteiger charge is -2.30. The van der Waals surface area contributed by atoms with Crippen molar-refractivity contribution in [3.05, 3.63) is 68.7 Å². The summed E-state index contributed by atoms with van der Waals surface area (Å²) in [6.45, 7) is -0.951. The molecule has 0 fully saturated rings. The van der Waals surface area contributed by atoms with Gasteiger partial charge in [-0.2, -0.15) is 39.5 Å². The lowest BCUT2D eigenvalue weighted by atomic mass is 9.85. The molecule has 2 N–H and O–H groups in total. The molecule has 3 rings (SSSR count). The van der Waals surface area contributed by atoms with Gasteiger partial charge in [0.15, 0.2) is 0 Å². The van der Waals surface area contributed by atoms with Crippen LogP contribution in [-0.4, -0.2) is 43.0 Å². The van der Waals surface area contributed by atoms with Crippen molar-refractivity contribution >= 4 is 33.5 Å². The summed E-state index contributed by atoms with van der Waals surface area (Å²) >= 11 is 2.80. The summed E-state index contributed by atoms with van der Waals surface area (Å²) in [4.78, 5) is 28.6. The fourth-order valence-corrected chi connectivity index (χ4v) is 4.15. The molecular formula is C23H17BrF9N3O3. The lowest BCUT2D eigenvalue weighted by molar-refractivity contribution is -0.276. The summed E-state index contributed by atoms with van der Waals surface area (Å²) in [6, 6.07) is 5.48. The summed E-state index contributed by atoms with van der Waals surface area (Å²) in [5.74, 6) is -1.94. The summed E-state index contributed by atoms with van der Waals surface area (Å²) in [5, 5.41) is 7.19. The van der Waals surface area contributed by atoms with E-state index in [1.165, 1.54) is 25.1 Å². The molecule has 0 radical (unpaired) electrons. The molecule has 0 aliphatic carbocycles. The maximum absolute atomic E-state index is 14.2. The fraction of sp³-hybridized carbons (Fsp3) is 0.348. The molecule has 1 atom stereocenters. The van der Waals surface area contributed by atoms with Gasteiger partial charge in [-0.15, -0.1) is 0 Å². The summed E-state index contributed by atoms with van der Waals surface area (Å²) < 4.78 is 119. The Balaban J connectivity index is 1.81. The number of alkyl halides is 9. The van der Waals surface area contributed by atoms with Crippen molar-refractivity contribution in [1.29, 1.82) is 0 Å². The number of hydrogen-bond acceptors (Lipinski definition) is 4. The highest BCUT2D eigenvalue weighted by atomic mass is 79.9. The van der Waals surface area contributed by atoms with Gasteiger partial charge in [-0.3, -0.25) is 9.59 Å². The maximum Gasteiger partial charge on any atom is 0.435 e. The topological polar surface area (TPSA) is 79.8 Å². The molecule has 2 amide bonds. The Kier molecular flexibility index (Phi) is 8.29. The number of nitrogens with zero attached hydrogens (tertiary/aromatic N) is 1. The number of aryl methyl sites for hydroxylation is 1. The zero-order valence-electron chi connectivity index (χ0n) is 19.5. The Morgan fingerprint density at radius 1 is 1.00 bits per heavy atom. The molecule has 1 aliphatic heterocycles. The van der Waals surface area contributed by atoms with Gasteiger partial charge in [0.1, 0.15) is 6.54 Å². The Labute approximate surface area is 222 Å². The molecule has 0 spiro atoms. The van der Waals surface area contributed by atoms with Crippen molar-refractivity contribution in [3.8, 4) is 0 Å². The lowest BCUT2D eigenvalue weighted by Crippen LogP contribution is -2.43. The molecule has 0 bridgehead atoms.